The maximum absolute atomic E-state index is 14.6. The van der Waals surface area contributed by atoms with Crippen LogP contribution in [0.25, 0.3) is 5.57 Å². The summed E-state index contributed by atoms with van der Waals surface area (Å²) < 4.78 is 33.2. The molecule has 0 aliphatic carbocycles. The molecule has 2 aromatic rings. The van der Waals surface area contributed by atoms with Gasteiger partial charge in [-0.1, -0.05) is 23.7 Å². The van der Waals surface area contributed by atoms with Crippen molar-refractivity contribution in [3.05, 3.63) is 82.1 Å². The Bertz CT molecular complexity index is 761. The lowest BCUT2D eigenvalue weighted by Crippen LogP contribution is -2.08. The van der Waals surface area contributed by atoms with Gasteiger partial charge in [0.1, 0.15) is 11.6 Å². The Morgan fingerprint density at radius 1 is 1.05 bits per heavy atom. The smallest absolute Gasteiger partial charge is 0.173 e. The van der Waals surface area contributed by atoms with Gasteiger partial charge < -0.3 is 4.74 Å². The van der Waals surface area contributed by atoms with E-state index in [0.717, 1.165) is 0 Å². The average Bonchev–Trinajstić information content (AvgIpc) is 2.48. The van der Waals surface area contributed by atoms with E-state index in [9.17, 15) is 8.78 Å². The van der Waals surface area contributed by atoms with Gasteiger partial charge in [0.25, 0.3) is 0 Å². The highest BCUT2D eigenvalue weighted by Crippen LogP contribution is 2.42. The summed E-state index contributed by atoms with van der Waals surface area (Å²) in [5.41, 5.74) is 1.55. The largest absolute Gasteiger partial charge is 0.454 e. The maximum atomic E-state index is 14.6. The van der Waals surface area contributed by atoms with Gasteiger partial charge in [-0.2, -0.15) is 0 Å². The summed E-state index contributed by atoms with van der Waals surface area (Å²) in [5.74, 6) is -0.228. The van der Waals surface area contributed by atoms with Crippen LogP contribution in [-0.4, -0.2) is 0 Å². The van der Waals surface area contributed by atoms with Crippen LogP contribution in [0, 0.1) is 5.82 Å². The number of ether oxygens (including phenoxy) is 1. The van der Waals surface area contributed by atoms with Gasteiger partial charge in [0.2, 0.25) is 0 Å². The first-order valence-corrected chi connectivity index (χ1v) is 6.78. The van der Waals surface area contributed by atoms with E-state index >= 15 is 0 Å². The molecule has 21 heavy (non-hydrogen) atoms. The molecule has 0 aromatic heterocycles. The van der Waals surface area contributed by atoms with Crippen molar-refractivity contribution in [1.82, 2.24) is 0 Å². The molecule has 0 atom stereocenters. The molecule has 0 saturated heterocycles. The summed E-state index contributed by atoms with van der Waals surface area (Å²) in [4.78, 5) is 0. The number of halogens is 3. The Balaban J connectivity index is 2.26. The molecule has 4 heteroatoms. The standard InChI is InChI=1S/C17H11ClF2O/c1-2-14-17(20)16(10-3-6-12(19)7-4-10)13-8-5-11(18)9-15(13)21-14/h2-9H,1H3/b14-2-. The summed E-state index contributed by atoms with van der Waals surface area (Å²) in [5, 5.41) is 0.505. The highest BCUT2D eigenvalue weighted by Gasteiger charge is 2.25. The van der Waals surface area contributed by atoms with Crippen molar-refractivity contribution in [3.8, 4) is 5.75 Å². The van der Waals surface area contributed by atoms with Crippen molar-refractivity contribution in [3.63, 3.8) is 0 Å². The maximum Gasteiger partial charge on any atom is 0.173 e. The van der Waals surface area contributed by atoms with Crippen LogP contribution >= 0.6 is 11.6 Å². The van der Waals surface area contributed by atoms with E-state index in [0.29, 0.717) is 27.5 Å². The third kappa shape index (κ3) is 2.45. The Hall–Kier alpha value is -2.13. The predicted molar refractivity (Wildman–Crippen MR) is 79.4 cm³/mol. The van der Waals surface area contributed by atoms with Crippen LogP contribution in [0.1, 0.15) is 18.1 Å². The highest BCUT2D eigenvalue weighted by molar-refractivity contribution is 6.30. The average molecular weight is 305 g/mol. The molecular formula is C17H11ClF2O. The van der Waals surface area contributed by atoms with Crippen LogP contribution in [0.15, 0.2) is 60.1 Å². The van der Waals surface area contributed by atoms with Crippen molar-refractivity contribution < 1.29 is 13.5 Å². The third-order valence-corrected chi connectivity index (χ3v) is 3.50. The van der Waals surface area contributed by atoms with E-state index in [2.05, 4.69) is 0 Å². The molecule has 0 spiro atoms. The first-order chi connectivity index (χ1) is 10.1. The minimum atomic E-state index is -0.473. The fourth-order valence-electron chi connectivity index (χ4n) is 2.28. The number of fused-ring (bicyclic) bond motifs is 1. The number of benzene rings is 2. The molecular weight excluding hydrogens is 294 g/mol. The molecule has 0 bridgehead atoms. The SMILES string of the molecule is C/C=C1\Oc2cc(Cl)ccc2C(c2ccc(F)cc2)=C1F. The second-order valence-corrected chi connectivity index (χ2v) is 5.03. The van der Waals surface area contributed by atoms with Gasteiger partial charge in [0, 0.05) is 22.2 Å². The fraction of sp³-hybridized carbons (Fsp3) is 0.0588. The molecule has 0 radical (unpaired) electrons. The predicted octanol–water partition coefficient (Wildman–Crippen LogP) is 5.50. The van der Waals surface area contributed by atoms with E-state index in [4.69, 9.17) is 16.3 Å². The highest BCUT2D eigenvalue weighted by atomic mass is 35.5. The first kappa shape index (κ1) is 13.8. The zero-order chi connectivity index (χ0) is 15.0. The molecule has 0 unspecified atom stereocenters. The lowest BCUT2D eigenvalue weighted by molar-refractivity contribution is 0.394. The van der Waals surface area contributed by atoms with Crippen LogP contribution in [-0.2, 0) is 0 Å². The van der Waals surface area contributed by atoms with Gasteiger partial charge in [-0.05, 0) is 42.8 Å². The van der Waals surface area contributed by atoms with Crippen molar-refractivity contribution in [2.75, 3.05) is 0 Å². The topological polar surface area (TPSA) is 9.23 Å². The Morgan fingerprint density at radius 2 is 1.76 bits per heavy atom. The molecule has 0 N–H and O–H groups in total. The molecule has 1 aliphatic heterocycles. The van der Waals surface area contributed by atoms with Crippen LogP contribution in [0.4, 0.5) is 8.78 Å². The van der Waals surface area contributed by atoms with Crippen LogP contribution in [0.2, 0.25) is 5.02 Å². The second-order valence-electron chi connectivity index (χ2n) is 4.59. The molecule has 0 amide bonds. The van der Waals surface area contributed by atoms with Gasteiger partial charge in [-0.25, -0.2) is 8.78 Å². The van der Waals surface area contributed by atoms with Gasteiger partial charge in [-0.3, -0.25) is 0 Å². The van der Waals surface area contributed by atoms with E-state index in [1.807, 2.05) is 0 Å². The number of allylic oxidation sites excluding steroid dienone is 2. The lowest BCUT2D eigenvalue weighted by Gasteiger charge is -2.22. The normalized spacial score (nSPS) is 15.9. The van der Waals surface area contributed by atoms with Crippen molar-refractivity contribution in [2.24, 2.45) is 0 Å². The van der Waals surface area contributed by atoms with Crippen LogP contribution in [0.3, 0.4) is 0 Å². The minimum absolute atomic E-state index is 0.129. The number of hydrogen-bond acceptors (Lipinski definition) is 1. The lowest BCUT2D eigenvalue weighted by atomic mass is 9.94. The summed E-state index contributed by atoms with van der Waals surface area (Å²) in [6.07, 6.45) is 1.54. The molecule has 1 nitrogen and oxygen atoms in total. The van der Waals surface area contributed by atoms with Crippen molar-refractivity contribution >= 4 is 17.2 Å². The molecule has 0 fully saturated rings. The van der Waals surface area contributed by atoms with E-state index in [1.54, 1.807) is 43.3 Å². The zero-order valence-electron chi connectivity index (χ0n) is 11.2. The molecule has 1 aliphatic rings. The van der Waals surface area contributed by atoms with E-state index < -0.39 is 5.83 Å². The van der Waals surface area contributed by atoms with Gasteiger partial charge >= 0.3 is 0 Å². The summed E-state index contributed by atoms with van der Waals surface area (Å²) in [6, 6.07) is 10.7. The Kier molecular flexibility index (Phi) is 3.52. The first-order valence-electron chi connectivity index (χ1n) is 6.40. The van der Waals surface area contributed by atoms with Crippen LogP contribution < -0.4 is 4.74 Å². The zero-order valence-corrected chi connectivity index (χ0v) is 11.9. The Labute approximate surface area is 126 Å². The molecule has 0 saturated carbocycles. The Morgan fingerprint density at radius 3 is 2.43 bits per heavy atom. The fourth-order valence-corrected chi connectivity index (χ4v) is 2.44. The van der Waals surface area contributed by atoms with Gasteiger partial charge in [0.15, 0.2) is 11.6 Å². The molecule has 3 rings (SSSR count). The van der Waals surface area contributed by atoms with Crippen molar-refractivity contribution in [2.45, 2.75) is 6.92 Å². The number of rotatable bonds is 1. The van der Waals surface area contributed by atoms with Crippen LogP contribution in [0.5, 0.6) is 5.75 Å². The molecule has 2 aromatic carbocycles. The molecule has 1 heterocycles. The quantitative estimate of drug-likeness (QED) is 0.675. The minimum Gasteiger partial charge on any atom is -0.454 e. The molecule has 106 valence electrons. The summed E-state index contributed by atoms with van der Waals surface area (Å²) >= 11 is 5.96. The van der Waals surface area contributed by atoms with Gasteiger partial charge in [-0.15, -0.1) is 0 Å². The van der Waals surface area contributed by atoms with E-state index in [1.165, 1.54) is 12.1 Å². The second kappa shape index (κ2) is 5.34. The van der Waals surface area contributed by atoms with Gasteiger partial charge in [0.05, 0.1) is 0 Å². The summed E-state index contributed by atoms with van der Waals surface area (Å²) in [6.45, 7) is 1.69. The summed E-state index contributed by atoms with van der Waals surface area (Å²) in [7, 11) is 0. The van der Waals surface area contributed by atoms with Crippen molar-refractivity contribution in [1.29, 1.82) is 0 Å². The number of hydrogen-bond donors (Lipinski definition) is 0. The van der Waals surface area contributed by atoms with E-state index in [-0.39, 0.29) is 11.6 Å². The third-order valence-electron chi connectivity index (χ3n) is 3.26. The monoisotopic (exact) mass is 304 g/mol.